The Kier molecular flexibility index (Phi) is 11.9. The standard InChI is InChI=1S/C24H40IN3O5/c1-8-9-20(23(2,3)4)32-22(31)28-26-15-19(29)18(27-21(30)33-24(5,6)7)14-16-10-12-17(25)13-11-16/h10-13,18-20,26,29H,8-9,14-15H2,1-7H3,(H,27,30)(H,28,31)/t18-,19-,20?/m0/s1. The number of ether oxygens (including phenoxy) is 2. The Morgan fingerprint density at radius 2 is 1.67 bits per heavy atom. The van der Waals surface area contributed by atoms with Crippen molar-refractivity contribution in [2.45, 2.75) is 91.6 Å². The van der Waals surface area contributed by atoms with E-state index >= 15 is 0 Å². The molecule has 0 bridgehead atoms. The summed E-state index contributed by atoms with van der Waals surface area (Å²) in [5.74, 6) is 0. The first-order chi connectivity index (χ1) is 15.2. The summed E-state index contributed by atoms with van der Waals surface area (Å²) in [5, 5.41) is 13.5. The molecule has 0 spiro atoms. The fourth-order valence-electron chi connectivity index (χ4n) is 3.08. The zero-order valence-electron chi connectivity index (χ0n) is 20.8. The number of rotatable bonds is 10. The molecule has 8 nitrogen and oxygen atoms in total. The van der Waals surface area contributed by atoms with Crippen molar-refractivity contribution < 1.29 is 24.2 Å². The fourth-order valence-corrected chi connectivity index (χ4v) is 3.44. The molecule has 0 fully saturated rings. The first-order valence-corrected chi connectivity index (χ1v) is 12.4. The van der Waals surface area contributed by atoms with Crippen LogP contribution in [0.25, 0.3) is 0 Å². The minimum absolute atomic E-state index is 0.00783. The smallest absolute Gasteiger partial charge is 0.421 e. The van der Waals surface area contributed by atoms with Gasteiger partial charge in [0.05, 0.1) is 12.1 Å². The maximum Gasteiger partial charge on any atom is 0.421 e. The molecule has 0 saturated carbocycles. The molecule has 1 unspecified atom stereocenters. The SMILES string of the molecule is CCCC(OC(=O)NNC[C@H](O)[C@H](Cc1ccc(I)cc1)NC(=O)OC(C)(C)C)C(C)(C)C. The van der Waals surface area contributed by atoms with E-state index in [2.05, 4.69) is 38.8 Å². The molecule has 2 amide bonds. The Balaban J connectivity index is 2.72. The van der Waals surface area contributed by atoms with Crippen molar-refractivity contribution in [2.75, 3.05) is 6.54 Å². The molecule has 188 valence electrons. The first-order valence-electron chi connectivity index (χ1n) is 11.3. The highest BCUT2D eigenvalue weighted by Gasteiger charge is 2.28. The summed E-state index contributed by atoms with van der Waals surface area (Å²) in [6, 6.07) is 7.19. The van der Waals surface area contributed by atoms with Gasteiger partial charge in [-0.25, -0.2) is 15.0 Å². The van der Waals surface area contributed by atoms with E-state index in [1.165, 1.54) is 0 Å². The number of halogens is 1. The predicted molar refractivity (Wildman–Crippen MR) is 138 cm³/mol. The molecular formula is C24H40IN3O5. The summed E-state index contributed by atoms with van der Waals surface area (Å²) in [7, 11) is 0. The fraction of sp³-hybridized carbons (Fsp3) is 0.667. The topological polar surface area (TPSA) is 109 Å². The van der Waals surface area contributed by atoms with Gasteiger partial charge in [0.15, 0.2) is 0 Å². The number of nitrogens with one attached hydrogen (secondary N) is 3. The van der Waals surface area contributed by atoms with Gasteiger partial charge >= 0.3 is 12.2 Å². The van der Waals surface area contributed by atoms with Crippen LogP contribution in [0.4, 0.5) is 9.59 Å². The van der Waals surface area contributed by atoms with E-state index in [4.69, 9.17) is 9.47 Å². The Morgan fingerprint density at radius 3 is 2.18 bits per heavy atom. The lowest BCUT2D eigenvalue weighted by atomic mass is 9.86. The van der Waals surface area contributed by atoms with E-state index in [1.54, 1.807) is 20.8 Å². The van der Waals surface area contributed by atoms with Crippen molar-refractivity contribution in [1.82, 2.24) is 16.2 Å². The third-order valence-corrected chi connectivity index (χ3v) is 5.52. The van der Waals surface area contributed by atoms with Gasteiger partial charge in [0, 0.05) is 10.1 Å². The average Bonchev–Trinajstić information content (AvgIpc) is 2.66. The molecular weight excluding hydrogens is 537 g/mol. The number of hydrazine groups is 1. The average molecular weight is 578 g/mol. The van der Waals surface area contributed by atoms with E-state index in [0.29, 0.717) is 6.42 Å². The van der Waals surface area contributed by atoms with Gasteiger partial charge in [-0.05, 0) is 79.3 Å². The molecule has 0 aliphatic carbocycles. The number of carbonyl (C=O) groups is 2. The van der Waals surface area contributed by atoms with Gasteiger partial charge in [-0.2, -0.15) is 0 Å². The second kappa shape index (κ2) is 13.3. The maximum atomic E-state index is 12.3. The summed E-state index contributed by atoms with van der Waals surface area (Å²) in [5.41, 5.74) is 5.31. The number of aliphatic hydroxyl groups is 1. The van der Waals surface area contributed by atoms with E-state index in [1.807, 2.05) is 52.0 Å². The molecule has 0 aliphatic rings. The monoisotopic (exact) mass is 577 g/mol. The Labute approximate surface area is 211 Å². The van der Waals surface area contributed by atoms with Crippen LogP contribution in [-0.4, -0.2) is 47.7 Å². The zero-order valence-corrected chi connectivity index (χ0v) is 23.0. The minimum atomic E-state index is -0.994. The number of aliphatic hydroxyl groups excluding tert-OH is 1. The molecule has 1 aromatic carbocycles. The van der Waals surface area contributed by atoms with Crippen LogP contribution in [-0.2, 0) is 15.9 Å². The molecule has 0 heterocycles. The second-order valence-electron chi connectivity index (χ2n) is 10.2. The van der Waals surface area contributed by atoms with E-state index in [-0.39, 0.29) is 18.1 Å². The number of hydrogen-bond acceptors (Lipinski definition) is 6. The number of benzene rings is 1. The summed E-state index contributed by atoms with van der Waals surface area (Å²) >= 11 is 2.22. The maximum absolute atomic E-state index is 12.3. The summed E-state index contributed by atoms with van der Waals surface area (Å²) < 4.78 is 12.0. The summed E-state index contributed by atoms with van der Waals surface area (Å²) in [6.45, 7) is 13.4. The van der Waals surface area contributed by atoms with Gasteiger partial charge < -0.3 is 19.9 Å². The number of alkyl carbamates (subject to hydrolysis) is 1. The summed E-state index contributed by atoms with van der Waals surface area (Å²) in [4.78, 5) is 24.5. The zero-order chi connectivity index (χ0) is 25.2. The van der Waals surface area contributed by atoms with E-state index in [9.17, 15) is 14.7 Å². The van der Waals surface area contributed by atoms with Crippen LogP contribution in [0, 0.1) is 8.99 Å². The lowest BCUT2D eigenvalue weighted by Crippen LogP contribution is -2.52. The van der Waals surface area contributed by atoms with Crippen LogP contribution >= 0.6 is 22.6 Å². The quantitative estimate of drug-likeness (QED) is 0.240. The third kappa shape index (κ3) is 12.4. The van der Waals surface area contributed by atoms with Crippen LogP contribution in [0.3, 0.4) is 0 Å². The number of amides is 2. The molecule has 1 aromatic rings. The molecule has 0 radical (unpaired) electrons. The van der Waals surface area contributed by atoms with Gasteiger partial charge in [0.25, 0.3) is 0 Å². The minimum Gasteiger partial charge on any atom is -0.445 e. The van der Waals surface area contributed by atoms with Crippen LogP contribution in [0.1, 0.15) is 66.9 Å². The van der Waals surface area contributed by atoms with Crippen LogP contribution < -0.4 is 16.2 Å². The Hall–Kier alpha value is -1.59. The Morgan fingerprint density at radius 1 is 1.06 bits per heavy atom. The third-order valence-electron chi connectivity index (χ3n) is 4.80. The highest BCUT2D eigenvalue weighted by atomic mass is 127. The van der Waals surface area contributed by atoms with Gasteiger partial charge in [0.2, 0.25) is 0 Å². The van der Waals surface area contributed by atoms with Crippen LogP contribution in [0.2, 0.25) is 0 Å². The normalized spacial score (nSPS) is 14.7. The van der Waals surface area contributed by atoms with Crippen molar-refractivity contribution in [3.8, 4) is 0 Å². The molecule has 4 N–H and O–H groups in total. The van der Waals surface area contributed by atoms with E-state index < -0.39 is 29.9 Å². The van der Waals surface area contributed by atoms with Crippen LogP contribution in [0.15, 0.2) is 24.3 Å². The van der Waals surface area contributed by atoms with Crippen molar-refractivity contribution in [3.05, 3.63) is 33.4 Å². The molecule has 0 aliphatic heterocycles. The number of hydrogen-bond donors (Lipinski definition) is 4. The van der Waals surface area contributed by atoms with Crippen molar-refractivity contribution in [3.63, 3.8) is 0 Å². The largest absolute Gasteiger partial charge is 0.445 e. The van der Waals surface area contributed by atoms with Crippen molar-refractivity contribution in [2.24, 2.45) is 5.41 Å². The van der Waals surface area contributed by atoms with Gasteiger partial charge in [0.1, 0.15) is 11.7 Å². The van der Waals surface area contributed by atoms with Crippen molar-refractivity contribution >= 4 is 34.8 Å². The Bertz CT molecular complexity index is 744. The molecule has 3 atom stereocenters. The first kappa shape index (κ1) is 29.4. The lowest BCUT2D eigenvalue weighted by Gasteiger charge is -2.30. The number of carbonyl (C=O) groups excluding carboxylic acids is 2. The molecule has 9 heteroatoms. The van der Waals surface area contributed by atoms with E-state index in [0.717, 1.165) is 22.0 Å². The van der Waals surface area contributed by atoms with Crippen molar-refractivity contribution in [1.29, 1.82) is 0 Å². The lowest BCUT2D eigenvalue weighted by molar-refractivity contribution is 0.0218. The highest BCUT2D eigenvalue weighted by molar-refractivity contribution is 14.1. The molecule has 0 saturated heterocycles. The second-order valence-corrected chi connectivity index (χ2v) is 11.5. The molecule has 1 rings (SSSR count). The van der Waals surface area contributed by atoms with Gasteiger partial charge in [-0.1, -0.05) is 46.2 Å². The van der Waals surface area contributed by atoms with Gasteiger partial charge in [-0.15, -0.1) is 0 Å². The highest BCUT2D eigenvalue weighted by Crippen LogP contribution is 2.25. The van der Waals surface area contributed by atoms with Gasteiger partial charge in [-0.3, -0.25) is 5.43 Å². The summed E-state index contributed by atoms with van der Waals surface area (Å²) in [6.07, 6.45) is -0.383. The molecule has 0 aromatic heterocycles. The van der Waals surface area contributed by atoms with Crippen LogP contribution in [0.5, 0.6) is 0 Å². The molecule has 33 heavy (non-hydrogen) atoms. The predicted octanol–water partition coefficient (Wildman–Crippen LogP) is 4.53.